The van der Waals surface area contributed by atoms with Crippen LogP contribution in [-0.2, 0) is 5.75 Å². The number of nitrogens with two attached hydrogens (primary N) is 1. The zero-order chi connectivity index (χ0) is 18.6. The first-order valence-corrected chi connectivity index (χ1v) is 9.94. The fourth-order valence-corrected chi connectivity index (χ4v) is 2.91. The second-order valence-electron chi connectivity index (χ2n) is 6.04. The van der Waals surface area contributed by atoms with E-state index >= 15 is 0 Å². The summed E-state index contributed by atoms with van der Waals surface area (Å²) in [6, 6.07) is 16.2. The summed E-state index contributed by atoms with van der Waals surface area (Å²) in [7, 11) is 0. The van der Waals surface area contributed by atoms with Crippen molar-refractivity contribution in [2.45, 2.75) is 38.9 Å². The van der Waals surface area contributed by atoms with Crippen molar-refractivity contribution in [1.82, 2.24) is 0 Å². The second-order valence-corrected chi connectivity index (χ2v) is 7.03. The van der Waals surface area contributed by atoms with Crippen LogP contribution in [0.15, 0.2) is 58.7 Å². The van der Waals surface area contributed by atoms with E-state index in [1.807, 2.05) is 43.3 Å². The Hall–Kier alpha value is -2.27. The number of aryl methyl sites for hydroxylation is 1. The van der Waals surface area contributed by atoms with Crippen LogP contribution in [0.4, 0.5) is 0 Å². The summed E-state index contributed by atoms with van der Waals surface area (Å²) in [6.07, 6.45) is 5.16. The molecular weight excluding hydrogens is 342 g/mol. The minimum absolute atomic E-state index is 0.452. The Morgan fingerprint density at radius 2 is 1.96 bits per heavy atom. The highest BCUT2D eigenvalue weighted by molar-refractivity contribution is 8.13. The van der Waals surface area contributed by atoms with Crippen LogP contribution in [0, 0.1) is 6.92 Å². The maximum absolute atomic E-state index is 5.91. The predicted octanol–water partition coefficient (Wildman–Crippen LogP) is 5.15. The van der Waals surface area contributed by atoms with Crippen molar-refractivity contribution in [2.24, 2.45) is 15.9 Å². The van der Waals surface area contributed by atoms with E-state index in [1.54, 1.807) is 6.21 Å². The van der Waals surface area contributed by atoms with E-state index in [1.165, 1.54) is 30.2 Å². The molecule has 2 aromatic rings. The number of hydrogen-bond donors (Lipinski definition) is 1. The lowest BCUT2D eigenvalue weighted by atomic mass is 10.1. The molecular formula is C21H27N3OS. The number of ether oxygens (including phenoxy) is 1. The van der Waals surface area contributed by atoms with E-state index < -0.39 is 0 Å². The van der Waals surface area contributed by atoms with Gasteiger partial charge in [-0.15, -0.1) is 5.10 Å². The molecule has 2 rings (SSSR count). The molecule has 0 aliphatic heterocycles. The summed E-state index contributed by atoms with van der Waals surface area (Å²) >= 11 is 1.48. The Morgan fingerprint density at radius 3 is 2.73 bits per heavy atom. The van der Waals surface area contributed by atoms with E-state index in [-0.39, 0.29) is 0 Å². The standard InChI is InChI=1S/C21H27N3OS/c1-3-4-8-13-25-20-14-19(12-11-17(20)2)15-23-24-21(22)26-16-18-9-6-5-7-10-18/h5-7,9-12,14-15H,3-4,8,13,16H2,1-2H3,(H2,22,24). The molecule has 0 aliphatic carbocycles. The lowest BCUT2D eigenvalue weighted by Crippen LogP contribution is -2.06. The molecule has 0 aromatic heterocycles. The number of hydrogen-bond acceptors (Lipinski definition) is 4. The monoisotopic (exact) mass is 369 g/mol. The minimum atomic E-state index is 0.452. The summed E-state index contributed by atoms with van der Waals surface area (Å²) in [4.78, 5) is 0. The van der Waals surface area contributed by atoms with Gasteiger partial charge in [0.25, 0.3) is 0 Å². The van der Waals surface area contributed by atoms with Gasteiger partial charge in [-0.05, 0) is 36.1 Å². The van der Waals surface area contributed by atoms with Crippen LogP contribution in [0.5, 0.6) is 5.75 Å². The first-order chi connectivity index (χ1) is 12.7. The third-order valence-corrected chi connectivity index (χ3v) is 4.67. The molecule has 138 valence electrons. The molecule has 0 aliphatic rings. The van der Waals surface area contributed by atoms with Crippen LogP contribution in [0.25, 0.3) is 0 Å². The maximum atomic E-state index is 5.91. The van der Waals surface area contributed by atoms with Crippen LogP contribution >= 0.6 is 11.8 Å². The van der Waals surface area contributed by atoms with Gasteiger partial charge in [0.15, 0.2) is 5.17 Å². The summed E-state index contributed by atoms with van der Waals surface area (Å²) in [5.74, 6) is 1.69. The zero-order valence-electron chi connectivity index (χ0n) is 15.5. The zero-order valence-corrected chi connectivity index (χ0v) is 16.3. The Balaban J connectivity index is 1.88. The van der Waals surface area contributed by atoms with Crippen molar-refractivity contribution < 1.29 is 4.74 Å². The van der Waals surface area contributed by atoms with Crippen LogP contribution in [0.3, 0.4) is 0 Å². The van der Waals surface area contributed by atoms with Crippen LogP contribution in [0.2, 0.25) is 0 Å². The van der Waals surface area contributed by atoms with Gasteiger partial charge in [-0.1, -0.05) is 74.0 Å². The molecule has 2 N–H and O–H groups in total. The van der Waals surface area contributed by atoms with E-state index in [0.29, 0.717) is 5.17 Å². The third kappa shape index (κ3) is 7.31. The lowest BCUT2D eigenvalue weighted by molar-refractivity contribution is 0.304. The largest absolute Gasteiger partial charge is 0.493 e. The summed E-state index contributed by atoms with van der Waals surface area (Å²) in [6.45, 7) is 4.98. The molecule has 4 nitrogen and oxygen atoms in total. The average molecular weight is 370 g/mol. The molecule has 0 spiro atoms. The molecule has 0 unspecified atom stereocenters. The summed E-state index contributed by atoms with van der Waals surface area (Å²) in [5.41, 5.74) is 9.19. The van der Waals surface area contributed by atoms with Crippen molar-refractivity contribution in [3.05, 3.63) is 65.2 Å². The van der Waals surface area contributed by atoms with Crippen LogP contribution in [-0.4, -0.2) is 18.0 Å². The molecule has 0 amide bonds. The Kier molecular flexibility index (Phi) is 8.76. The quantitative estimate of drug-likeness (QED) is 0.288. The number of benzene rings is 2. The molecule has 0 heterocycles. The molecule has 0 saturated carbocycles. The fraction of sp³-hybridized carbons (Fsp3) is 0.333. The number of amidine groups is 1. The molecule has 5 heteroatoms. The highest BCUT2D eigenvalue weighted by Crippen LogP contribution is 2.19. The number of rotatable bonds is 9. The first-order valence-electron chi connectivity index (χ1n) is 8.95. The molecule has 0 radical (unpaired) electrons. The van der Waals surface area contributed by atoms with E-state index in [9.17, 15) is 0 Å². The van der Waals surface area contributed by atoms with Gasteiger partial charge in [0.1, 0.15) is 5.75 Å². The summed E-state index contributed by atoms with van der Waals surface area (Å²) < 4.78 is 5.87. The maximum Gasteiger partial charge on any atom is 0.180 e. The van der Waals surface area contributed by atoms with Crippen LogP contribution < -0.4 is 10.5 Å². The van der Waals surface area contributed by atoms with E-state index in [0.717, 1.165) is 35.7 Å². The van der Waals surface area contributed by atoms with Crippen molar-refractivity contribution in [2.75, 3.05) is 6.61 Å². The van der Waals surface area contributed by atoms with Crippen molar-refractivity contribution >= 4 is 23.1 Å². The van der Waals surface area contributed by atoms with Gasteiger partial charge in [-0.25, -0.2) is 0 Å². The highest BCUT2D eigenvalue weighted by atomic mass is 32.2. The molecule has 0 saturated heterocycles. The predicted molar refractivity (Wildman–Crippen MR) is 113 cm³/mol. The van der Waals surface area contributed by atoms with Crippen LogP contribution in [0.1, 0.15) is 42.9 Å². The van der Waals surface area contributed by atoms with Crippen molar-refractivity contribution in [3.63, 3.8) is 0 Å². The Bertz CT molecular complexity index is 729. The smallest absolute Gasteiger partial charge is 0.180 e. The Labute approximate surface area is 160 Å². The van der Waals surface area contributed by atoms with Gasteiger partial charge in [-0.3, -0.25) is 0 Å². The SMILES string of the molecule is CCCCCOc1cc(C=NN=C(N)SCc2ccccc2)ccc1C. The molecule has 0 fully saturated rings. The van der Waals surface area contributed by atoms with E-state index in [2.05, 4.69) is 29.3 Å². The molecule has 26 heavy (non-hydrogen) atoms. The van der Waals surface area contributed by atoms with Gasteiger partial charge < -0.3 is 10.5 Å². The summed E-state index contributed by atoms with van der Waals surface area (Å²) in [5, 5.41) is 8.61. The number of thioether (sulfide) groups is 1. The fourth-order valence-electron chi connectivity index (χ4n) is 2.30. The van der Waals surface area contributed by atoms with E-state index in [4.69, 9.17) is 10.5 Å². The van der Waals surface area contributed by atoms with Gasteiger partial charge in [-0.2, -0.15) is 5.10 Å². The van der Waals surface area contributed by atoms with Gasteiger partial charge >= 0.3 is 0 Å². The molecule has 0 atom stereocenters. The normalized spacial score (nSPS) is 11.8. The minimum Gasteiger partial charge on any atom is -0.493 e. The topological polar surface area (TPSA) is 60.0 Å². The van der Waals surface area contributed by atoms with Crippen molar-refractivity contribution in [3.8, 4) is 5.75 Å². The third-order valence-electron chi connectivity index (χ3n) is 3.81. The average Bonchev–Trinajstić information content (AvgIpc) is 2.66. The number of unbranched alkanes of at least 4 members (excludes halogenated alkanes) is 2. The van der Waals surface area contributed by atoms with Gasteiger partial charge in [0.05, 0.1) is 12.8 Å². The lowest BCUT2D eigenvalue weighted by Gasteiger charge is -2.09. The molecule has 0 bridgehead atoms. The van der Waals surface area contributed by atoms with Gasteiger partial charge in [0, 0.05) is 5.75 Å². The van der Waals surface area contributed by atoms with Gasteiger partial charge in [0.2, 0.25) is 0 Å². The number of nitrogens with zero attached hydrogens (tertiary/aromatic N) is 2. The first kappa shape index (κ1) is 20.0. The highest BCUT2D eigenvalue weighted by Gasteiger charge is 2.01. The van der Waals surface area contributed by atoms with Crippen molar-refractivity contribution in [1.29, 1.82) is 0 Å². The molecule has 2 aromatic carbocycles. The second kappa shape index (κ2) is 11.4. The Morgan fingerprint density at radius 1 is 1.15 bits per heavy atom.